The molecule has 1 aromatic rings. The summed E-state index contributed by atoms with van der Waals surface area (Å²) in [5.74, 6) is 0. The van der Waals surface area contributed by atoms with Crippen molar-refractivity contribution in [3.8, 4) is 0 Å². The highest BCUT2D eigenvalue weighted by Crippen LogP contribution is 2.21. The van der Waals surface area contributed by atoms with E-state index in [1.165, 1.54) is 9.13 Å². The molecule has 1 heterocycles. The molecule has 3 heteroatoms. The van der Waals surface area contributed by atoms with E-state index in [0.29, 0.717) is 6.04 Å². The van der Waals surface area contributed by atoms with Crippen LogP contribution in [0.15, 0.2) is 24.3 Å². The van der Waals surface area contributed by atoms with Gasteiger partial charge in [0.15, 0.2) is 0 Å². The average molecular weight is 316 g/mol. The van der Waals surface area contributed by atoms with Crippen molar-refractivity contribution in [2.24, 2.45) is 0 Å². The predicted octanol–water partition coefficient (Wildman–Crippen LogP) is 2.26. The highest BCUT2D eigenvalue weighted by Gasteiger charge is 2.17. The molecular formula is C12H17IN2. The van der Waals surface area contributed by atoms with Gasteiger partial charge in [-0.1, -0.05) is 12.1 Å². The van der Waals surface area contributed by atoms with Crippen LogP contribution < -0.4 is 5.32 Å². The maximum absolute atomic E-state index is 3.39. The zero-order chi connectivity index (χ0) is 10.7. The minimum absolute atomic E-state index is 0.543. The molecule has 2 rings (SSSR count). The quantitative estimate of drug-likeness (QED) is 0.842. The zero-order valence-corrected chi connectivity index (χ0v) is 11.2. The van der Waals surface area contributed by atoms with E-state index < -0.39 is 0 Å². The fraction of sp³-hybridized carbons (Fsp3) is 0.500. The fourth-order valence-electron chi connectivity index (χ4n) is 2.05. The number of nitrogens with one attached hydrogen (secondary N) is 1. The first kappa shape index (κ1) is 11.4. The predicted molar refractivity (Wildman–Crippen MR) is 72.0 cm³/mol. The first-order valence-electron chi connectivity index (χ1n) is 5.47. The van der Waals surface area contributed by atoms with Crippen molar-refractivity contribution in [3.63, 3.8) is 0 Å². The second kappa shape index (κ2) is 5.27. The molecule has 1 saturated heterocycles. The van der Waals surface area contributed by atoms with Gasteiger partial charge in [0.2, 0.25) is 0 Å². The Labute approximate surface area is 105 Å². The molecule has 15 heavy (non-hydrogen) atoms. The van der Waals surface area contributed by atoms with Gasteiger partial charge in [-0.05, 0) is 47.2 Å². The molecule has 0 bridgehead atoms. The second-order valence-corrected chi connectivity index (χ2v) is 5.26. The van der Waals surface area contributed by atoms with E-state index in [1.807, 2.05) is 0 Å². The molecule has 0 aliphatic carbocycles. The summed E-state index contributed by atoms with van der Waals surface area (Å²) < 4.78 is 1.33. The lowest BCUT2D eigenvalue weighted by Crippen LogP contribution is -2.44. The Morgan fingerprint density at radius 2 is 2.07 bits per heavy atom. The lowest BCUT2D eigenvalue weighted by molar-refractivity contribution is 0.185. The van der Waals surface area contributed by atoms with Gasteiger partial charge in [-0.2, -0.15) is 0 Å². The van der Waals surface area contributed by atoms with Crippen molar-refractivity contribution < 1.29 is 0 Å². The molecule has 1 fully saturated rings. The van der Waals surface area contributed by atoms with Crippen molar-refractivity contribution in [2.45, 2.75) is 13.0 Å². The third kappa shape index (κ3) is 2.92. The van der Waals surface area contributed by atoms with Gasteiger partial charge in [0, 0.05) is 35.8 Å². The summed E-state index contributed by atoms with van der Waals surface area (Å²) in [6.45, 7) is 6.86. The minimum atomic E-state index is 0.543. The molecule has 1 aliphatic rings. The minimum Gasteiger partial charge on any atom is -0.314 e. The number of piperazine rings is 1. The smallest absolute Gasteiger partial charge is 0.0321 e. The lowest BCUT2D eigenvalue weighted by Gasteiger charge is -2.33. The Morgan fingerprint density at radius 3 is 2.73 bits per heavy atom. The fourth-order valence-corrected chi connectivity index (χ4v) is 2.61. The summed E-state index contributed by atoms with van der Waals surface area (Å²) >= 11 is 2.38. The van der Waals surface area contributed by atoms with E-state index in [9.17, 15) is 0 Å². The molecule has 0 saturated carbocycles. The summed E-state index contributed by atoms with van der Waals surface area (Å²) in [6, 6.07) is 9.36. The standard InChI is InChI=1S/C12H17IN2/c1-10(15-7-5-14-6-8-15)11-3-2-4-12(13)9-11/h2-4,9-10,14H,5-8H2,1H3/t10-/m0/s1. The highest BCUT2D eigenvalue weighted by molar-refractivity contribution is 14.1. The summed E-state index contributed by atoms with van der Waals surface area (Å²) in [5, 5.41) is 3.39. The van der Waals surface area contributed by atoms with Crippen molar-refractivity contribution >= 4 is 22.6 Å². The van der Waals surface area contributed by atoms with Crippen LogP contribution in [0.4, 0.5) is 0 Å². The number of halogens is 1. The summed E-state index contributed by atoms with van der Waals surface area (Å²) in [6.07, 6.45) is 0. The van der Waals surface area contributed by atoms with Crippen LogP contribution in [-0.4, -0.2) is 31.1 Å². The van der Waals surface area contributed by atoms with Crippen molar-refractivity contribution in [3.05, 3.63) is 33.4 Å². The van der Waals surface area contributed by atoms with Crippen molar-refractivity contribution in [1.29, 1.82) is 0 Å². The maximum Gasteiger partial charge on any atom is 0.0321 e. The Kier molecular flexibility index (Phi) is 3.99. The normalized spacial score (nSPS) is 20.1. The van der Waals surface area contributed by atoms with E-state index in [0.717, 1.165) is 26.2 Å². The zero-order valence-electron chi connectivity index (χ0n) is 9.04. The van der Waals surface area contributed by atoms with Gasteiger partial charge in [0.1, 0.15) is 0 Å². The SMILES string of the molecule is C[C@@H](c1cccc(I)c1)N1CCNCC1. The van der Waals surface area contributed by atoms with Crippen LogP contribution in [0.2, 0.25) is 0 Å². The van der Waals surface area contributed by atoms with Gasteiger partial charge in [0.25, 0.3) is 0 Å². The van der Waals surface area contributed by atoms with Crippen LogP contribution in [-0.2, 0) is 0 Å². The first-order chi connectivity index (χ1) is 7.27. The van der Waals surface area contributed by atoms with Gasteiger partial charge in [-0.3, -0.25) is 4.90 Å². The highest BCUT2D eigenvalue weighted by atomic mass is 127. The molecule has 82 valence electrons. The summed E-state index contributed by atoms with van der Waals surface area (Å²) in [4.78, 5) is 2.54. The molecule has 1 aliphatic heterocycles. The van der Waals surface area contributed by atoms with Gasteiger partial charge < -0.3 is 5.32 Å². The van der Waals surface area contributed by atoms with E-state index in [4.69, 9.17) is 0 Å². The molecule has 1 atom stereocenters. The van der Waals surface area contributed by atoms with E-state index in [1.54, 1.807) is 0 Å². The van der Waals surface area contributed by atoms with E-state index in [2.05, 4.69) is 64.0 Å². The van der Waals surface area contributed by atoms with Crippen LogP contribution >= 0.6 is 22.6 Å². The van der Waals surface area contributed by atoms with Crippen LogP contribution in [0.25, 0.3) is 0 Å². The maximum atomic E-state index is 3.39. The molecule has 2 nitrogen and oxygen atoms in total. The Morgan fingerprint density at radius 1 is 1.33 bits per heavy atom. The lowest BCUT2D eigenvalue weighted by atomic mass is 10.1. The van der Waals surface area contributed by atoms with Gasteiger partial charge in [0.05, 0.1) is 0 Å². The number of benzene rings is 1. The van der Waals surface area contributed by atoms with E-state index >= 15 is 0 Å². The summed E-state index contributed by atoms with van der Waals surface area (Å²) in [5.41, 5.74) is 1.43. The molecule has 1 aromatic carbocycles. The molecular weight excluding hydrogens is 299 g/mol. The Hall–Kier alpha value is -0.130. The number of hydrogen-bond acceptors (Lipinski definition) is 2. The van der Waals surface area contributed by atoms with Crippen LogP contribution in [0.5, 0.6) is 0 Å². The Bertz CT molecular complexity index is 321. The topological polar surface area (TPSA) is 15.3 Å². The average Bonchev–Trinajstić information content (AvgIpc) is 2.29. The van der Waals surface area contributed by atoms with Crippen LogP contribution in [0, 0.1) is 3.57 Å². The van der Waals surface area contributed by atoms with Gasteiger partial charge in [-0.25, -0.2) is 0 Å². The largest absolute Gasteiger partial charge is 0.314 e. The number of nitrogens with zero attached hydrogens (tertiary/aromatic N) is 1. The second-order valence-electron chi connectivity index (χ2n) is 4.02. The van der Waals surface area contributed by atoms with Gasteiger partial charge in [-0.15, -0.1) is 0 Å². The molecule has 0 unspecified atom stereocenters. The van der Waals surface area contributed by atoms with Crippen LogP contribution in [0.1, 0.15) is 18.5 Å². The van der Waals surface area contributed by atoms with Crippen molar-refractivity contribution in [2.75, 3.05) is 26.2 Å². The van der Waals surface area contributed by atoms with E-state index in [-0.39, 0.29) is 0 Å². The summed E-state index contributed by atoms with van der Waals surface area (Å²) in [7, 11) is 0. The van der Waals surface area contributed by atoms with Crippen LogP contribution in [0.3, 0.4) is 0 Å². The molecule has 0 amide bonds. The molecule has 0 radical (unpaired) electrons. The number of rotatable bonds is 2. The first-order valence-corrected chi connectivity index (χ1v) is 6.55. The van der Waals surface area contributed by atoms with Gasteiger partial charge >= 0.3 is 0 Å². The monoisotopic (exact) mass is 316 g/mol. The Balaban J connectivity index is 2.08. The third-order valence-corrected chi connectivity index (χ3v) is 3.70. The number of hydrogen-bond donors (Lipinski definition) is 1. The molecule has 0 spiro atoms. The van der Waals surface area contributed by atoms with Crippen molar-refractivity contribution in [1.82, 2.24) is 10.2 Å². The molecule has 1 N–H and O–H groups in total. The molecule has 0 aromatic heterocycles. The third-order valence-electron chi connectivity index (χ3n) is 3.03.